The topological polar surface area (TPSA) is 67.9 Å². The number of rotatable bonds is 7. The number of thioether (sulfide) groups is 1. The van der Waals surface area contributed by atoms with E-state index in [0.29, 0.717) is 5.69 Å². The maximum absolute atomic E-state index is 12.1. The van der Waals surface area contributed by atoms with Gasteiger partial charge in [-0.25, -0.2) is 0 Å². The number of hydrogen-bond donors (Lipinski definition) is 1. The van der Waals surface area contributed by atoms with E-state index >= 15 is 0 Å². The number of nitrogens with one attached hydrogen (secondary N) is 1. The van der Waals surface area contributed by atoms with Crippen LogP contribution in [-0.2, 0) is 19.1 Å². The minimum absolute atomic E-state index is 0.153. The number of morpholine rings is 1. The maximum Gasteiger partial charge on any atom is 0.316 e. The molecule has 6 nitrogen and oxygen atoms in total. The van der Waals surface area contributed by atoms with Crippen molar-refractivity contribution in [2.45, 2.75) is 4.90 Å². The molecule has 1 aliphatic rings. The zero-order chi connectivity index (χ0) is 21.5. The molecule has 1 amide bonds. The number of esters is 1. The van der Waals surface area contributed by atoms with Crippen molar-refractivity contribution in [1.82, 2.24) is 0 Å². The Balaban J connectivity index is 1.20. The first-order valence-electron chi connectivity index (χ1n) is 10.2. The Hall–Kier alpha value is -3.03. The van der Waals surface area contributed by atoms with Gasteiger partial charge in [-0.3, -0.25) is 9.59 Å². The lowest BCUT2D eigenvalue weighted by molar-refractivity contribution is -0.144. The largest absolute Gasteiger partial charge is 0.455 e. The van der Waals surface area contributed by atoms with E-state index in [-0.39, 0.29) is 18.3 Å². The number of hydrogen-bond acceptors (Lipinski definition) is 6. The van der Waals surface area contributed by atoms with E-state index in [1.54, 1.807) is 0 Å². The predicted octanol–water partition coefficient (Wildman–Crippen LogP) is 3.95. The SMILES string of the molecule is O=C(COC(=O)CSc1ccc2ccccc2c1)Nc1ccc(N2CCOCC2)cc1. The van der Waals surface area contributed by atoms with Crippen LogP contribution in [0.3, 0.4) is 0 Å². The van der Waals surface area contributed by atoms with Crippen LogP contribution in [0.5, 0.6) is 0 Å². The van der Waals surface area contributed by atoms with E-state index in [1.807, 2.05) is 66.7 Å². The van der Waals surface area contributed by atoms with E-state index in [2.05, 4.69) is 10.2 Å². The molecule has 1 N–H and O–H groups in total. The summed E-state index contributed by atoms with van der Waals surface area (Å²) in [6, 6.07) is 21.7. The molecule has 0 unspecified atom stereocenters. The molecule has 1 saturated heterocycles. The van der Waals surface area contributed by atoms with Crippen molar-refractivity contribution < 1.29 is 19.1 Å². The summed E-state index contributed by atoms with van der Waals surface area (Å²) in [5, 5.41) is 5.04. The molecule has 31 heavy (non-hydrogen) atoms. The van der Waals surface area contributed by atoms with Gasteiger partial charge >= 0.3 is 5.97 Å². The quantitative estimate of drug-likeness (QED) is 0.447. The minimum Gasteiger partial charge on any atom is -0.455 e. The van der Waals surface area contributed by atoms with Crippen LogP contribution in [0.15, 0.2) is 71.6 Å². The third kappa shape index (κ3) is 5.99. The van der Waals surface area contributed by atoms with E-state index in [4.69, 9.17) is 9.47 Å². The highest BCUT2D eigenvalue weighted by molar-refractivity contribution is 8.00. The van der Waals surface area contributed by atoms with Crippen molar-refractivity contribution in [1.29, 1.82) is 0 Å². The Morgan fingerprint density at radius 1 is 0.968 bits per heavy atom. The third-order valence-corrected chi connectivity index (χ3v) is 5.94. The van der Waals surface area contributed by atoms with Crippen molar-refractivity contribution in [3.63, 3.8) is 0 Å². The Labute approximate surface area is 185 Å². The van der Waals surface area contributed by atoms with Crippen LogP contribution in [-0.4, -0.2) is 50.5 Å². The number of benzene rings is 3. The number of anilines is 2. The van der Waals surface area contributed by atoms with Crippen molar-refractivity contribution in [2.24, 2.45) is 0 Å². The van der Waals surface area contributed by atoms with Gasteiger partial charge in [-0.05, 0) is 47.2 Å². The Kier molecular flexibility index (Phi) is 7.07. The molecular formula is C24H24N2O4S. The maximum atomic E-state index is 12.1. The standard InChI is InChI=1S/C24H24N2O4S/c27-23(25-20-6-8-21(9-7-20)26-11-13-29-14-12-26)16-30-24(28)17-31-22-10-5-18-3-1-2-4-19(18)15-22/h1-10,15H,11-14,16-17H2,(H,25,27). The fourth-order valence-electron chi connectivity index (χ4n) is 3.36. The van der Waals surface area contributed by atoms with Crippen LogP contribution in [0.25, 0.3) is 10.8 Å². The average Bonchev–Trinajstić information content (AvgIpc) is 2.82. The number of amides is 1. The summed E-state index contributed by atoms with van der Waals surface area (Å²) in [7, 11) is 0. The fourth-order valence-corrected chi connectivity index (χ4v) is 4.10. The van der Waals surface area contributed by atoms with E-state index in [1.165, 1.54) is 11.8 Å². The minimum atomic E-state index is -0.420. The molecule has 0 saturated carbocycles. The predicted molar refractivity (Wildman–Crippen MR) is 124 cm³/mol. The molecule has 3 aromatic carbocycles. The van der Waals surface area contributed by atoms with Crippen LogP contribution in [0.2, 0.25) is 0 Å². The molecule has 0 bridgehead atoms. The zero-order valence-electron chi connectivity index (χ0n) is 17.1. The van der Waals surface area contributed by atoms with Gasteiger partial charge in [0.25, 0.3) is 5.91 Å². The van der Waals surface area contributed by atoms with Gasteiger partial charge in [-0.1, -0.05) is 30.3 Å². The summed E-state index contributed by atoms with van der Waals surface area (Å²) in [6.07, 6.45) is 0. The Bertz CT molecular complexity index is 1050. The first kappa shape index (κ1) is 21.2. The Morgan fingerprint density at radius 2 is 1.71 bits per heavy atom. The highest BCUT2D eigenvalue weighted by Gasteiger charge is 2.12. The monoisotopic (exact) mass is 436 g/mol. The average molecular weight is 437 g/mol. The lowest BCUT2D eigenvalue weighted by Gasteiger charge is -2.28. The van der Waals surface area contributed by atoms with Gasteiger partial charge in [0, 0.05) is 29.4 Å². The molecule has 0 radical (unpaired) electrons. The highest BCUT2D eigenvalue weighted by atomic mass is 32.2. The smallest absolute Gasteiger partial charge is 0.316 e. The number of carbonyl (C=O) groups excluding carboxylic acids is 2. The lowest BCUT2D eigenvalue weighted by Crippen LogP contribution is -2.36. The molecular weight excluding hydrogens is 412 g/mol. The van der Waals surface area contributed by atoms with E-state index < -0.39 is 5.97 Å². The molecule has 1 fully saturated rings. The second-order valence-corrected chi connectivity index (χ2v) is 8.20. The van der Waals surface area contributed by atoms with Crippen LogP contribution in [0.1, 0.15) is 0 Å². The summed E-state index contributed by atoms with van der Waals surface area (Å²) >= 11 is 1.39. The van der Waals surface area contributed by atoms with E-state index in [9.17, 15) is 9.59 Å². The van der Waals surface area contributed by atoms with Crippen LogP contribution >= 0.6 is 11.8 Å². The first-order valence-corrected chi connectivity index (χ1v) is 11.2. The highest BCUT2D eigenvalue weighted by Crippen LogP contribution is 2.23. The molecule has 0 aromatic heterocycles. The van der Waals surface area contributed by atoms with Gasteiger partial charge in [-0.2, -0.15) is 0 Å². The molecule has 160 valence electrons. The third-order valence-electron chi connectivity index (χ3n) is 4.97. The summed E-state index contributed by atoms with van der Waals surface area (Å²) in [4.78, 5) is 27.3. The van der Waals surface area contributed by atoms with Gasteiger partial charge in [0.15, 0.2) is 6.61 Å². The number of ether oxygens (including phenoxy) is 2. The summed E-state index contributed by atoms with van der Waals surface area (Å²) in [6.45, 7) is 2.87. The van der Waals surface area contributed by atoms with Crippen LogP contribution < -0.4 is 10.2 Å². The van der Waals surface area contributed by atoms with Crippen molar-refractivity contribution in [2.75, 3.05) is 48.9 Å². The molecule has 1 aliphatic heterocycles. The number of fused-ring (bicyclic) bond motifs is 1. The molecule has 1 heterocycles. The second-order valence-electron chi connectivity index (χ2n) is 7.15. The van der Waals surface area contributed by atoms with Gasteiger partial charge in [0.1, 0.15) is 0 Å². The van der Waals surface area contributed by atoms with Crippen LogP contribution in [0.4, 0.5) is 11.4 Å². The number of carbonyl (C=O) groups is 2. The zero-order valence-corrected chi connectivity index (χ0v) is 17.9. The second kappa shape index (κ2) is 10.3. The van der Waals surface area contributed by atoms with E-state index in [0.717, 1.165) is 47.7 Å². The number of nitrogens with zero attached hydrogens (tertiary/aromatic N) is 1. The lowest BCUT2D eigenvalue weighted by atomic mass is 10.1. The fraction of sp³-hybridized carbons (Fsp3) is 0.250. The van der Waals surface area contributed by atoms with Gasteiger partial charge in [0.2, 0.25) is 0 Å². The van der Waals surface area contributed by atoms with Crippen LogP contribution in [0, 0.1) is 0 Å². The van der Waals surface area contributed by atoms with Gasteiger partial charge in [0.05, 0.1) is 19.0 Å². The molecule has 3 aromatic rings. The van der Waals surface area contributed by atoms with Gasteiger partial charge in [-0.15, -0.1) is 11.8 Å². The summed E-state index contributed by atoms with van der Waals surface area (Å²) < 4.78 is 10.5. The molecule has 4 rings (SSSR count). The Morgan fingerprint density at radius 3 is 2.48 bits per heavy atom. The van der Waals surface area contributed by atoms with Crippen molar-refractivity contribution >= 4 is 45.8 Å². The molecule has 0 atom stereocenters. The van der Waals surface area contributed by atoms with Crippen molar-refractivity contribution in [3.8, 4) is 0 Å². The summed E-state index contributed by atoms with van der Waals surface area (Å²) in [5.41, 5.74) is 1.77. The first-order chi connectivity index (χ1) is 15.2. The normalized spacial score (nSPS) is 13.7. The molecule has 0 spiro atoms. The summed E-state index contributed by atoms with van der Waals surface area (Å²) in [5.74, 6) is -0.626. The van der Waals surface area contributed by atoms with Crippen molar-refractivity contribution in [3.05, 3.63) is 66.7 Å². The molecule has 0 aliphatic carbocycles. The molecule has 7 heteroatoms. The van der Waals surface area contributed by atoms with Gasteiger partial charge < -0.3 is 19.7 Å².